The molecule has 0 aliphatic heterocycles. The van der Waals surface area contributed by atoms with E-state index in [1.165, 1.54) is 6.33 Å². The SMILES string of the molecule is CC(C)C(NC(=O)c1ccc(-n2cnnn2)cc1)c1nc2ccccc2n1C(C)C. The van der Waals surface area contributed by atoms with Crippen LogP contribution in [-0.4, -0.2) is 35.7 Å². The average molecular weight is 403 g/mol. The van der Waals surface area contributed by atoms with Crippen LogP contribution in [0.5, 0.6) is 0 Å². The number of carbonyl (C=O) groups is 1. The zero-order valence-corrected chi connectivity index (χ0v) is 17.5. The summed E-state index contributed by atoms with van der Waals surface area (Å²) in [4.78, 5) is 17.9. The Morgan fingerprint density at radius 2 is 1.73 bits per heavy atom. The van der Waals surface area contributed by atoms with Gasteiger partial charge in [0, 0.05) is 11.6 Å². The molecule has 0 saturated heterocycles. The molecule has 1 N–H and O–H groups in total. The lowest BCUT2D eigenvalue weighted by Crippen LogP contribution is -2.34. The predicted molar refractivity (Wildman–Crippen MR) is 114 cm³/mol. The number of hydrogen-bond acceptors (Lipinski definition) is 5. The molecule has 1 amide bonds. The molecule has 4 aromatic rings. The Bertz CT molecular complexity index is 1140. The van der Waals surface area contributed by atoms with Gasteiger partial charge < -0.3 is 9.88 Å². The zero-order chi connectivity index (χ0) is 21.3. The minimum atomic E-state index is -0.216. The molecule has 8 heteroatoms. The summed E-state index contributed by atoms with van der Waals surface area (Å²) in [6.45, 7) is 8.45. The number of hydrogen-bond donors (Lipinski definition) is 1. The van der Waals surface area contributed by atoms with Gasteiger partial charge in [0.2, 0.25) is 0 Å². The van der Waals surface area contributed by atoms with Gasteiger partial charge in [-0.25, -0.2) is 9.67 Å². The molecule has 0 fully saturated rings. The van der Waals surface area contributed by atoms with E-state index in [1.807, 2.05) is 30.3 Å². The molecular formula is C22H25N7O. The lowest BCUT2D eigenvalue weighted by Gasteiger charge is -2.25. The summed E-state index contributed by atoms with van der Waals surface area (Å²) < 4.78 is 3.75. The number of para-hydroxylation sites is 2. The first kappa shape index (κ1) is 19.8. The first-order valence-electron chi connectivity index (χ1n) is 10.1. The largest absolute Gasteiger partial charge is 0.342 e. The summed E-state index contributed by atoms with van der Waals surface area (Å²) in [6, 6.07) is 15.3. The maximum absolute atomic E-state index is 13.0. The summed E-state index contributed by atoms with van der Waals surface area (Å²) in [5.41, 5.74) is 3.38. The van der Waals surface area contributed by atoms with Gasteiger partial charge in [-0.15, -0.1) is 5.10 Å². The first-order valence-corrected chi connectivity index (χ1v) is 10.1. The molecule has 1 atom stereocenters. The summed E-state index contributed by atoms with van der Waals surface area (Å²) in [7, 11) is 0. The van der Waals surface area contributed by atoms with Crippen LogP contribution in [0, 0.1) is 5.92 Å². The van der Waals surface area contributed by atoms with Gasteiger partial charge in [0.25, 0.3) is 5.91 Å². The average Bonchev–Trinajstić information content (AvgIpc) is 3.39. The van der Waals surface area contributed by atoms with E-state index < -0.39 is 0 Å². The number of tetrazole rings is 1. The Morgan fingerprint density at radius 1 is 1.00 bits per heavy atom. The van der Waals surface area contributed by atoms with E-state index in [1.54, 1.807) is 16.8 Å². The molecule has 1 unspecified atom stereocenters. The molecular weight excluding hydrogens is 378 g/mol. The van der Waals surface area contributed by atoms with E-state index in [4.69, 9.17) is 4.98 Å². The normalized spacial score (nSPS) is 12.6. The zero-order valence-electron chi connectivity index (χ0n) is 17.5. The summed E-state index contributed by atoms with van der Waals surface area (Å²) >= 11 is 0. The predicted octanol–water partition coefficient (Wildman–Crippen LogP) is 3.72. The highest BCUT2D eigenvalue weighted by Crippen LogP contribution is 2.29. The van der Waals surface area contributed by atoms with Crippen LogP contribution in [0.4, 0.5) is 0 Å². The summed E-state index contributed by atoms with van der Waals surface area (Å²) in [5.74, 6) is 0.906. The second kappa shape index (κ2) is 8.06. The van der Waals surface area contributed by atoms with Gasteiger partial charge in [-0.3, -0.25) is 4.79 Å². The lowest BCUT2D eigenvalue weighted by atomic mass is 10.0. The summed E-state index contributed by atoms with van der Waals surface area (Å²) in [6.07, 6.45) is 1.51. The number of imidazole rings is 1. The van der Waals surface area contributed by atoms with Gasteiger partial charge >= 0.3 is 0 Å². The molecule has 0 aliphatic carbocycles. The highest BCUT2D eigenvalue weighted by atomic mass is 16.1. The molecule has 0 radical (unpaired) electrons. The minimum absolute atomic E-state index is 0.140. The van der Waals surface area contributed by atoms with Crippen molar-refractivity contribution in [1.29, 1.82) is 0 Å². The molecule has 2 aromatic carbocycles. The van der Waals surface area contributed by atoms with Crippen LogP contribution in [-0.2, 0) is 0 Å². The molecule has 4 rings (SSSR count). The quantitative estimate of drug-likeness (QED) is 0.530. The molecule has 8 nitrogen and oxygen atoms in total. The van der Waals surface area contributed by atoms with Crippen molar-refractivity contribution in [2.45, 2.75) is 39.8 Å². The number of amides is 1. The topological polar surface area (TPSA) is 90.5 Å². The number of carbonyl (C=O) groups excluding carboxylic acids is 1. The van der Waals surface area contributed by atoms with Crippen LogP contribution < -0.4 is 5.32 Å². The fourth-order valence-electron chi connectivity index (χ4n) is 3.62. The molecule has 2 heterocycles. The van der Waals surface area contributed by atoms with Crippen molar-refractivity contribution < 1.29 is 4.79 Å². The molecule has 0 aliphatic rings. The standard InChI is InChI=1S/C22H25N7O/c1-14(2)20(21-24-18-7-5-6-8-19(18)29(21)15(3)4)25-22(30)16-9-11-17(12-10-16)28-13-23-26-27-28/h5-15,20H,1-4H3,(H,25,30). The maximum atomic E-state index is 13.0. The molecule has 2 aromatic heterocycles. The van der Waals surface area contributed by atoms with E-state index >= 15 is 0 Å². The van der Waals surface area contributed by atoms with Crippen molar-refractivity contribution >= 4 is 16.9 Å². The molecule has 154 valence electrons. The number of rotatable bonds is 6. The van der Waals surface area contributed by atoms with E-state index in [0.717, 1.165) is 22.5 Å². The Morgan fingerprint density at radius 3 is 2.37 bits per heavy atom. The van der Waals surface area contributed by atoms with Gasteiger partial charge in [0.15, 0.2) is 0 Å². The smallest absolute Gasteiger partial charge is 0.251 e. The van der Waals surface area contributed by atoms with Crippen LogP contribution >= 0.6 is 0 Å². The second-order valence-electron chi connectivity index (χ2n) is 7.92. The van der Waals surface area contributed by atoms with Crippen molar-refractivity contribution in [3.8, 4) is 5.69 Å². The number of benzene rings is 2. The van der Waals surface area contributed by atoms with E-state index in [2.05, 4.69) is 59.2 Å². The minimum Gasteiger partial charge on any atom is -0.342 e. The summed E-state index contributed by atoms with van der Waals surface area (Å²) in [5, 5.41) is 14.3. The van der Waals surface area contributed by atoms with Crippen molar-refractivity contribution in [1.82, 2.24) is 35.1 Å². The van der Waals surface area contributed by atoms with Crippen LogP contribution in [0.15, 0.2) is 54.9 Å². The Labute approximate surface area is 174 Å². The fourth-order valence-corrected chi connectivity index (χ4v) is 3.62. The third-order valence-electron chi connectivity index (χ3n) is 5.11. The number of nitrogens with one attached hydrogen (secondary N) is 1. The van der Waals surface area contributed by atoms with E-state index in [9.17, 15) is 4.79 Å². The Kier molecular flexibility index (Phi) is 5.31. The third kappa shape index (κ3) is 3.68. The van der Waals surface area contributed by atoms with Gasteiger partial charge in [-0.05, 0) is 66.6 Å². The monoisotopic (exact) mass is 403 g/mol. The van der Waals surface area contributed by atoms with Crippen LogP contribution in [0.1, 0.15) is 56.0 Å². The maximum Gasteiger partial charge on any atom is 0.251 e. The third-order valence-corrected chi connectivity index (χ3v) is 5.11. The van der Waals surface area contributed by atoms with Crippen molar-refractivity contribution in [2.75, 3.05) is 0 Å². The van der Waals surface area contributed by atoms with Crippen LogP contribution in [0.3, 0.4) is 0 Å². The molecule has 0 saturated carbocycles. The van der Waals surface area contributed by atoms with Crippen molar-refractivity contribution in [2.24, 2.45) is 5.92 Å². The number of aromatic nitrogens is 6. The highest BCUT2D eigenvalue weighted by molar-refractivity contribution is 5.94. The van der Waals surface area contributed by atoms with Crippen LogP contribution in [0.25, 0.3) is 16.7 Å². The van der Waals surface area contributed by atoms with Gasteiger partial charge in [-0.2, -0.15) is 0 Å². The van der Waals surface area contributed by atoms with Gasteiger partial charge in [0.05, 0.1) is 22.8 Å². The molecule has 0 bridgehead atoms. The van der Waals surface area contributed by atoms with Crippen molar-refractivity contribution in [3.63, 3.8) is 0 Å². The molecule has 0 spiro atoms. The lowest BCUT2D eigenvalue weighted by molar-refractivity contribution is 0.0921. The fraction of sp³-hybridized carbons (Fsp3) is 0.318. The van der Waals surface area contributed by atoms with Crippen LogP contribution in [0.2, 0.25) is 0 Å². The van der Waals surface area contributed by atoms with Gasteiger partial charge in [-0.1, -0.05) is 26.0 Å². The number of fused-ring (bicyclic) bond motifs is 1. The number of nitrogens with zero attached hydrogens (tertiary/aromatic N) is 6. The highest BCUT2D eigenvalue weighted by Gasteiger charge is 2.26. The van der Waals surface area contributed by atoms with Gasteiger partial charge in [0.1, 0.15) is 12.2 Å². The van der Waals surface area contributed by atoms with Crippen molar-refractivity contribution in [3.05, 3.63) is 66.2 Å². The second-order valence-corrected chi connectivity index (χ2v) is 7.92. The Hall–Kier alpha value is -3.55. The van der Waals surface area contributed by atoms with E-state index in [0.29, 0.717) is 5.56 Å². The molecule has 30 heavy (non-hydrogen) atoms. The Balaban J connectivity index is 1.64. The first-order chi connectivity index (χ1) is 14.5. The van der Waals surface area contributed by atoms with E-state index in [-0.39, 0.29) is 23.9 Å².